The Bertz CT molecular complexity index is 756. The van der Waals surface area contributed by atoms with Gasteiger partial charge in [0, 0.05) is 0 Å². The van der Waals surface area contributed by atoms with Crippen LogP contribution in [-0.4, -0.2) is 24.4 Å². The van der Waals surface area contributed by atoms with Crippen LogP contribution in [0.25, 0.3) is 0 Å². The molecule has 120 valence electrons. The molecule has 2 rings (SSSR count). The van der Waals surface area contributed by atoms with Gasteiger partial charge in [-0.05, 0) is 23.6 Å². The van der Waals surface area contributed by atoms with Crippen molar-refractivity contribution in [1.82, 2.24) is 0 Å². The summed E-state index contributed by atoms with van der Waals surface area (Å²) in [4.78, 5) is 34.9. The van der Waals surface area contributed by atoms with Crippen LogP contribution in [0, 0.1) is 0 Å². The number of ether oxygens (including phenoxy) is 1. The quantitative estimate of drug-likeness (QED) is 0.788. The van der Waals surface area contributed by atoms with Crippen LogP contribution in [-0.2, 0) is 9.53 Å². The van der Waals surface area contributed by atoms with Gasteiger partial charge in [-0.25, -0.2) is 4.79 Å². The monoisotopic (exact) mass is 372 g/mol. The van der Waals surface area contributed by atoms with Crippen LogP contribution in [0.4, 0.5) is 5.00 Å². The molecule has 2 amide bonds. The molecule has 1 aromatic carbocycles. The lowest BCUT2D eigenvalue weighted by Crippen LogP contribution is -2.22. The van der Waals surface area contributed by atoms with Gasteiger partial charge in [0.25, 0.3) is 11.8 Å². The van der Waals surface area contributed by atoms with Crippen molar-refractivity contribution in [3.05, 3.63) is 50.8 Å². The maximum absolute atomic E-state index is 11.9. The van der Waals surface area contributed by atoms with Crippen molar-refractivity contribution in [3.8, 4) is 0 Å². The second-order valence-electron chi connectivity index (χ2n) is 4.25. The Hall–Kier alpha value is -2.09. The van der Waals surface area contributed by atoms with Gasteiger partial charge in [0.1, 0.15) is 5.00 Å². The number of primary amides is 1. The van der Waals surface area contributed by atoms with E-state index < -0.39 is 24.4 Å². The van der Waals surface area contributed by atoms with Crippen molar-refractivity contribution in [1.29, 1.82) is 0 Å². The Morgan fingerprint density at radius 3 is 2.43 bits per heavy atom. The molecular weight excluding hydrogens is 363 g/mol. The number of hydrogen-bond acceptors (Lipinski definition) is 5. The molecule has 0 spiro atoms. The topological polar surface area (TPSA) is 98.5 Å². The van der Waals surface area contributed by atoms with E-state index in [-0.39, 0.29) is 26.2 Å². The van der Waals surface area contributed by atoms with E-state index in [2.05, 4.69) is 5.32 Å². The van der Waals surface area contributed by atoms with Crippen LogP contribution < -0.4 is 11.1 Å². The molecule has 0 bridgehead atoms. The number of nitrogens with two attached hydrogens (primary N) is 1. The number of anilines is 1. The number of carbonyl (C=O) groups is 3. The highest BCUT2D eigenvalue weighted by atomic mass is 35.5. The summed E-state index contributed by atoms with van der Waals surface area (Å²) in [6, 6.07) is 6.03. The molecule has 0 aliphatic carbocycles. The minimum atomic E-state index is -0.822. The van der Waals surface area contributed by atoms with Crippen LogP contribution >= 0.6 is 34.5 Å². The fourth-order valence-corrected chi connectivity index (χ4v) is 3.02. The fraction of sp³-hybridized carbons (Fsp3) is 0.0714. The number of rotatable bonds is 5. The standard InChI is InChI=1S/C14H10Cl2N2O4S/c15-8-2-1-3-9(16)11(8)14(21)22-6-10(19)18-13-7(12(17)20)4-5-23-13/h1-5H,6H2,(H2,17,20)(H,18,19). The number of nitrogens with one attached hydrogen (secondary N) is 1. The lowest BCUT2D eigenvalue weighted by atomic mass is 10.2. The van der Waals surface area contributed by atoms with Gasteiger partial charge in [-0.1, -0.05) is 29.3 Å². The molecule has 0 saturated carbocycles. The first kappa shape index (κ1) is 17.3. The minimum Gasteiger partial charge on any atom is -0.452 e. The van der Waals surface area contributed by atoms with Gasteiger partial charge in [0.2, 0.25) is 0 Å². The zero-order chi connectivity index (χ0) is 17.0. The van der Waals surface area contributed by atoms with Gasteiger partial charge in [-0.15, -0.1) is 11.3 Å². The fourth-order valence-electron chi connectivity index (χ4n) is 1.66. The van der Waals surface area contributed by atoms with Crippen molar-refractivity contribution >= 4 is 57.3 Å². The molecule has 0 aliphatic heterocycles. The summed E-state index contributed by atoms with van der Waals surface area (Å²) in [5, 5.41) is 4.58. The van der Waals surface area contributed by atoms with Crippen LogP contribution in [0.5, 0.6) is 0 Å². The maximum atomic E-state index is 11.9. The third-order valence-corrected chi connectivity index (χ3v) is 4.14. The average molecular weight is 373 g/mol. The summed E-state index contributed by atoms with van der Waals surface area (Å²) < 4.78 is 4.87. The molecule has 3 N–H and O–H groups in total. The SMILES string of the molecule is NC(=O)c1ccsc1NC(=O)COC(=O)c1c(Cl)cccc1Cl. The molecule has 2 aromatic rings. The van der Waals surface area contributed by atoms with E-state index in [9.17, 15) is 14.4 Å². The van der Waals surface area contributed by atoms with Gasteiger partial charge >= 0.3 is 5.97 Å². The van der Waals surface area contributed by atoms with Crippen LogP contribution in [0.15, 0.2) is 29.6 Å². The number of carbonyl (C=O) groups excluding carboxylic acids is 3. The Morgan fingerprint density at radius 2 is 1.83 bits per heavy atom. The van der Waals surface area contributed by atoms with E-state index in [1.54, 1.807) is 11.4 Å². The van der Waals surface area contributed by atoms with Crippen molar-refractivity contribution in [3.63, 3.8) is 0 Å². The number of halogens is 2. The van der Waals surface area contributed by atoms with E-state index in [4.69, 9.17) is 33.7 Å². The Labute approximate surface area is 145 Å². The highest BCUT2D eigenvalue weighted by Gasteiger charge is 2.18. The Morgan fingerprint density at radius 1 is 1.17 bits per heavy atom. The first-order chi connectivity index (χ1) is 10.9. The van der Waals surface area contributed by atoms with Crippen molar-refractivity contribution in [2.24, 2.45) is 5.73 Å². The molecule has 0 aliphatic rings. The third-order valence-electron chi connectivity index (χ3n) is 2.68. The smallest absolute Gasteiger partial charge is 0.341 e. The molecule has 6 nitrogen and oxygen atoms in total. The van der Waals surface area contributed by atoms with Gasteiger partial charge < -0.3 is 15.8 Å². The molecule has 0 fully saturated rings. The first-order valence-electron chi connectivity index (χ1n) is 6.18. The lowest BCUT2D eigenvalue weighted by molar-refractivity contribution is -0.119. The molecule has 0 atom stereocenters. The Kier molecular flexibility index (Phi) is 5.59. The largest absolute Gasteiger partial charge is 0.452 e. The zero-order valence-corrected chi connectivity index (χ0v) is 13.8. The molecule has 0 saturated heterocycles. The summed E-state index contributed by atoms with van der Waals surface area (Å²) in [6.45, 7) is -0.559. The molecule has 1 aromatic heterocycles. The summed E-state index contributed by atoms with van der Waals surface area (Å²) in [6.07, 6.45) is 0. The third kappa shape index (κ3) is 4.22. The van der Waals surface area contributed by atoms with Crippen molar-refractivity contribution < 1.29 is 19.1 Å². The summed E-state index contributed by atoms with van der Waals surface area (Å²) in [5.74, 6) is -2.11. The molecule has 0 unspecified atom stereocenters. The number of benzene rings is 1. The number of thiophene rings is 1. The average Bonchev–Trinajstić information content (AvgIpc) is 2.93. The Balaban J connectivity index is 1.98. The van der Waals surface area contributed by atoms with Crippen LogP contribution in [0.2, 0.25) is 10.0 Å². The normalized spacial score (nSPS) is 10.2. The number of amides is 2. The van der Waals surface area contributed by atoms with E-state index in [1.807, 2.05) is 0 Å². The lowest BCUT2D eigenvalue weighted by Gasteiger charge is -2.08. The van der Waals surface area contributed by atoms with Crippen LogP contribution in [0.3, 0.4) is 0 Å². The minimum absolute atomic E-state index is 0.0161. The summed E-state index contributed by atoms with van der Waals surface area (Å²) >= 11 is 12.9. The number of hydrogen-bond donors (Lipinski definition) is 2. The molecule has 9 heteroatoms. The van der Waals surface area contributed by atoms with Crippen molar-refractivity contribution in [2.45, 2.75) is 0 Å². The van der Waals surface area contributed by atoms with Gasteiger partial charge in [0.15, 0.2) is 6.61 Å². The molecule has 23 heavy (non-hydrogen) atoms. The maximum Gasteiger partial charge on any atom is 0.341 e. The summed E-state index contributed by atoms with van der Waals surface area (Å²) in [7, 11) is 0. The predicted molar refractivity (Wildman–Crippen MR) is 88.2 cm³/mol. The number of esters is 1. The second-order valence-corrected chi connectivity index (χ2v) is 5.98. The van der Waals surface area contributed by atoms with Crippen LogP contribution in [0.1, 0.15) is 20.7 Å². The highest BCUT2D eigenvalue weighted by molar-refractivity contribution is 7.14. The van der Waals surface area contributed by atoms with Gasteiger partial charge in [0.05, 0.1) is 21.2 Å². The highest BCUT2D eigenvalue weighted by Crippen LogP contribution is 2.25. The first-order valence-corrected chi connectivity index (χ1v) is 7.82. The van der Waals surface area contributed by atoms with E-state index in [0.29, 0.717) is 0 Å². The predicted octanol–water partition coefficient (Wildman–Crippen LogP) is 2.95. The van der Waals surface area contributed by atoms with Gasteiger partial charge in [-0.2, -0.15) is 0 Å². The summed E-state index contributed by atoms with van der Waals surface area (Å²) in [5.41, 5.74) is 5.34. The van der Waals surface area contributed by atoms with Gasteiger partial charge in [-0.3, -0.25) is 9.59 Å². The molecular formula is C14H10Cl2N2O4S. The van der Waals surface area contributed by atoms with E-state index >= 15 is 0 Å². The molecule has 0 radical (unpaired) electrons. The molecule has 1 heterocycles. The second kappa shape index (κ2) is 7.45. The van der Waals surface area contributed by atoms with Crippen molar-refractivity contribution in [2.75, 3.05) is 11.9 Å². The zero-order valence-electron chi connectivity index (χ0n) is 11.5. The van der Waals surface area contributed by atoms with E-state index in [0.717, 1.165) is 11.3 Å². The van der Waals surface area contributed by atoms with E-state index in [1.165, 1.54) is 18.2 Å².